The summed E-state index contributed by atoms with van der Waals surface area (Å²) >= 11 is 0. The van der Waals surface area contributed by atoms with Crippen molar-refractivity contribution in [2.75, 3.05) is 11.8 Å². The van der Waals surface area contributed by atoms with Crippen LogP contribution < -0.4 is 9.46 Å². The van der Waals surface area contributed by atoms with Gasteiger partial charge in [0.25, 0.3) is 15.9 Å². The first-order valence-electron chi connectivity index (χ1n) is 7.07. The van der Waals surface area contributed by atoms with E-state index in [0.717, 1.165) is 0 Å². The molecule has 3 rings (SSSR count). The minimum atomic E-state index is -3.86. The first kappa shape index (κ1) is 16.7. The molecule has 128 valence electrons. The van der Waals surface area contributed by atoms with E-state index in [2.05, 4.69) is 14.7 Å². The SMILES string of the molecule is COc1nccnc1NS(=O)(=O)c1ccc(-c2ccc(C=O)o2)cc1. The third-order valence-corrected chi connectivity index (χ3v) is 4.64. The van der Waals surface area contributed by atoms with Gasteiger partial charge in [0.1, 0.15) is 5.76 Å². The van der Waals surface area contributed by atoms with Crippen LogP contribution >= 0.6 is 0 Å². The molecule has 3 aromatic rings. The average Bonchev–Trinajstić information content (AvgIpc) is 3.11. The summed E-state index contributed by atoms with van der Waals surface area (Å²) in [5.74, 6) is 0.730. The summed E-state index contributed by atoms with van der Waals surface area (Å²) in [4.78, 5) is 18.5. The monoisotopic (exact) mass is 359 g/mol. The number of carbonyl (C=O) groups excluding carboxylic acids is 1. The van der Waals surface area contributed by atoms with Crippen molar-refractivity contribution in [1.29, 1.82) is 0 Å². The van der Waals surface area contributed by atoms with Gasteiger partial charge < -0.3 is 9.15 Å². The largest absolute Gasteiger partial charge is 0.478 e. The Bertz CT molecular complexity index is 997. The second-order valence-electron chi connectivity index (χ2n) is 4.86. The van der Waals surface area contributed by atoms with Crippen LogP contribution in [0.4, 0.5) is 5.82 Å². The predicted octanol–water partition coefficient (Wildman–Crippen LogP) is 2.36. The molecule has 0 saturated heterocycles. The van der Waals surface area contributed by atoms with Crippen LogP contribution in [-0.2, 0) is 10.0 Å². The number of ether oxygens (including phenoxy) is 1. The number of nitrogens with one attached hydrogen (secondary N) is 1. The molecule has 2 heterocycles. The third-order valence-electron chi connectivity index (χ3n) is 3.28. The number of methoxy groups -OCH3 is 1. The molecule has 0 fully saturated rings. The summed E-state index contributed by atoms with van der Waals surface area (Å²) in [7, 11) is -2.50. The summed E-state index contributed by atoms with van der Waals surface area (Å²) in [6.07, 6.45) is 3.34. The van der Waals surface area contributed by atoms with E-state index in [4.69, 9.17) is 9.15 Å². The van der Waals surface area contributed by atoms with Gasteiger partial charge in [-0.1, -0.05) is 0 Å². The predicted molar refractivity (Wildman–Crippen MR) is 88.9 cm³/mol. The molecule has 0 aliphatic heterocycles. The van der Waals surface area contributed by atoms with Crippen molar-refractivity contribution >= 4 is 22.1 Å². The number of hydrogen-bond donors (Lipinski definition) is 1. The van der Waals surface area contributed by atoms with Crippen LogP contribution in [0, 0.1) is 0 Å². The van der Waals surface area contributed by atoms with E-state index < -0.39 is 10.0 Å². The van der Waals surface area contributed by atoms with E-state index in [1.54, 1.807) is 18.2 Å². The van der Waals surface area contributed by atoms with Gasteiger partial charge >= 0.3 is 0 Å². The molecule has 0 amide bonds. The lowest BCUT2D eigenvalue weighted by molar-refractivity contribution is 0.110. The number of aromatic nitrogens is 2. The standard InChI is InChI=1S/C16H13N3O5S/c1-23-16-15(17-8-9-18-16)19-25(21,22)13-5-2-11(3-6-13)14-7-4-12(10-20)24-14/h2-10H,1H3,(H,17,19). The minimum absolute atomic E-state index is 0.00395. The van der Waals surface area contributed by atoms with Crippen molar-refractivity contribution in [3.05, 3.63) is 54.6 Å². The molecule has 0 radical (unpaired) electrons. The molecule has 9 heteroatoms. The van der Waals surface area contributed by atoms with Gasteiger partial charge in [0.05, 0.1) is 12.0 Å². The second-order valence-corrected chi connectivity index (χ2v) is 6.55. The highest BCUT2D eigenvalue weighted by molar-refractivity contribution is 7.92. The van der Waals surface area contributed by atoms with Gasteiger partial charge in [-0.3, -0.25) is 9.52 Å². The molecule has 2 aromatic heterocycles. The van der Waals surface area contributed by atoms with Crippen LogP contribution in [0.1, 0.15) is 10.6 Å². The number of benzene rings is 1. The zero-order valence-electron chi connectivity index (χ0n) is 13.0. The van der Waals surface area contributed by atoms with Crippen molar-refractivity contribution in [3.63, 3.8) is 0 Å². The molecular formula is C16H13N3O5S. The molecule has 0 aliphatic rings. The zero-order chi connectivity index (χ0) is 17.9. The Kier molecular flexibility index (Phi) is 4.48. The van der Waals surface area contributed by atoms with Gasteiger partial charge in [0.2, 0.25) is 5.82 Å². The van der Waals surface area contributed by atoms with Crippen LogP contribution in [0.5, 0.6) is 5.88 Å². The van der Waals surface area contributed by atoms with Crippen molar-refractivity contribution < 1.29 is 22.4 Å². The number of furan rings is 1. The van der Waals surface area contributed by atoms with Gasteiger partial charge in [-0.2, -0.15) is 0 Å². The molecule has 0 spiro atoms. The maximum Gasteiger partial charge on any atom is 0.263 e. The minimum Gasteiger partial charge on any atom is -0.478 e. The van der Waals surface area contributed by atoms with Crippen LogP contribution in [-0.4, -0.2) is 31.8 Å². The molecule has 25 heavy (non-hydrogen) atoms. The number of anilines is 1. The highest BCUT2D eigenvalue weighted by atomic mass is 32.2. The second kappa shape index (κ2) is 6.73. The van der Waals surface area contributed by atoms with Crippen molar-refractivity contribution in [1.82, 2.24) is 9.97 Å². The highest BCUT2D eigenvalue weighted by Crippen LogP contribution is 2.25. The molecule has 0 saturated carbocycles. The van der Waals surface area contributed by atoms with Crippen LogP contribution in [0.15, 0.2) is 58.1 Å². The number of sulfonamides is 1. The molecule has 0 bridgehead atoms. The van der Waals surface area contributed by atoms with Crippen LogP contribution in [0.3, 0.4) is 0 Å². The molecule has 0 unspecified atom stereocenters. The summed E-state index contributed by atoms with van der Waals surface area (Å²) in [5.41, 5.74) is 0.643. The number of rotatable bonds is 6. The van der Waals surface area contributed by atoms with Gasteiger partial charge in [-0.05, 0) is 36.4 Å². The van der Waals surface area contributed by atoms with Gasteiger partial charge in [0.15, 0.2) is 12.0 Å². The van der Waals surface area contributed by atoms with E-state index in [1.807, 2.05) is 0 Å². The Hall–Kier alpha value is -3.20. The number of aldehydes is 1. The first-order valence-corrected chi connectivity index (χ1v) is 8.55. The highest BCUT2D eigenvalue weighted by Gasteiger charge is 2.18. The van der Waals surface area contributed by atoms with Crippen molar-refractivity contribution in [2.45, 2.75) is 4.90 Å². The van der Waals surface area contributed by atoms with E-state index in [1.165, 1.54) is 37.7 Å². The maximum absolute atomic E-state index is 12.5. The quantitative estimate of drug-likeness (QED) is 0.672. The van der Waals surface area contributed by atoms with Crippen molar-refractivity contribution in [3.8, 4) is 17.2 Å². The van der Waals surface area contributed by atoms with Crippen molar-refractivity contribution in [2.24, 2.45) is 0 Å². The molecule has 1 aromatic carbocycles. The Labute approximate surface area is 143 Å². The smallest absolute Gasteiger partial charge is 0.263 e. The summed E-state index contributed by atoms with van der Waals surface area (Å²) in [5, 5.41) is 0. The summed E-state index contributed by atoms with van der Waals surface area (Å²) < 4.78 is 37.5. The lowest BCUT2D eigenvalue weighted by atomic mass is 10.2. The lowest BCUT2D eigenvalue weighted by Crippen LogP contribution is -2.15. The number of carbonyl (C=O) groups is 1. The Balaban J connectivity index is 1.86. The van der Waals surface area contributed by atoms with E-state index in [-0.39, 0.29) is 22.4 Å². The normalized spacial score (nSPS) is 11.1. The van der Waals surface area contributed by atoms with Crippen LogP contribution in [0.2, 0.25) is 0 Å². The fourth-order valence-corrected chi connectivity index (χ4v) is 3.11. The first-order chi connectivity index (χ1) is 12.0. The third kappa shape index (κ3) is 3.50. The Morgan fingerprint density at radius 1 is 1.08 bits per heavy atom. The zero-order valence-corrected chi connectivity index (χ0v) is 13.9. The van der Waals surface area contributed by atoms with E-state index in [9.17, 15) is 13.2 Å². The van der Waals surface area contributed by atoms with Crippen LogP contribution in [0.25, 0.3) is 11.3 Å². The fraction of sp³-hybridized carbons (Fsp3) is 0.0625. The molecule has 0 aliphatic carbocycles. The average molecular weight is 359 g/mol. The molecule has 8 nitrogen and oxygen atoms in total. The number of nitrogens with zero attached hydrogens (tertiary/aromatic N) is 2. The topological polar surface area (TPSA) is 111 Å². The van der Waals surface area contributed by atoms with Gasteiger partial charge in [0, 0.05) is 18.0 Å². The Morgan fingerprint density at radius 2 is 1.80 bits per heavy atom. The Morgan fingerprint density at radius 3 is 2.44 bits per heavy atom. The van der Waals surface area contributed by atoms with Gasteiger partial charge in [-0.25, -0.2) is 18.4 Å². The maximum atomic E-state index is 12.5. The summed E-state index contributed by atoms with van der Waals surface area (Å²) in [6, 6.07) is 9.17. The van der Waals surface area contributed by atoms with Gasteiger partial charge in [-0.15, -0.1) is 0 Å². The lowest BCUT2D eigenvalue weighted by Gasteiger charge is -2.09. The number of hydrogen-bond acceptors (Lipinski definition) is 7. The molecule has 0 atom stereocenters. The molecular weight excluding hydrogens is 346 g/mol. The summed E-state index contributed by atoms with van der Waals surface area (Å²) in [6.45, 7) is 0. The fourth-order valence-electron chi connectivity index (χ4n) is 2.10. The molecule has 1 N–H and O–H groups in total. The van der Waals surface area contributed by atoms with E-state index in [0.29, 0.717) is 17.6 Å². The van der Waals surface area contributed by atoms with E-state index >= 15 is 0 Å².